The maximum Gasteiger partial charge on any atom is 0.266 e. The minimum Gasteiger partial charge on any atom is -0.381 e. The van der Waals surface area contributed by atoms with Crippen LogP contribution in [0.25, 0.3) is 10.9 Å². The number of benzene rings is 2. The van der Waals surface area contributed by atoms with E-state index in [0.29, 0.717) is 22.5 Å². The average Bonchev–Trinajstić information content (AvgIpc) is 2.78. The SMILES string of the molecule is CCP(CC)c1cc2c(N[C@H](C)c3cccc(C(F)F)c3F)nc(C)nc2cc1NC1CC(F)(F)C1. The summed E-state index contributed by atoms with van der Waals surface area (Å²) in [6.45, 7) is 7.62. The summed E-state index contributed by atoms with van der Waals surface area (Å²) in [6.07, 6.45) is -1.46. The molecule has 2 aromatic carbocycles. The van der Waals surface area contributed by atoms with Gasteiger partial charge in [0.05, 0.1) is 17.1 Å². The Kier molecular flexibility index (Phi) is 7.69. The number of aryl methyl sites for hydroxylation is 1. The van der Waals surface area contributed by atoms with Crippen molar-refractivity contribution in [2.45, 2.75) is 65.0 Å². The highest BCUT2D eigenvalue weighted by atomic mass is 31.1. The lowest BCUT2D eigenvalue weighted by Crippen LogP contribution is -2.45. The largest absolute Gasteiger partial charge is 0.381 e. The van der Waals surface area contributed by atoms with Gasteiger partial charge in [-0.15, -0.1) is 0 Å². The summed E-state index contributed by atoms with van der Waals surface area (Å²) in [7, 11) is -0.558. The number of anilines is 2. The van der Waals surface area contributed by atoms with Crippen LogP contribution in [0.15, 0.2) is 30.3 Å². The third kappa shape index (κ3) is 5.41. The molecule has 194 valence electrons. The van der Waals surface area contributed by atoms with E-state index >= 15 is 0 Å². The van der Waals surface area contributed by atoms with Crippen LogP contribution < -0.4 is 15.9 Å². The third-order valence-corrected chi connectivity index (χ3v) is 9.17. The Morgan fingerprint density at radius 1 is 1.08 bits per heavy atom. The van der Waals surface area contributed by atoms with E-state index in [1.165, 1.54) is 12.1 Å². The second kappa shape index (κ2) is 10.4. The van der Waals surface area contributed by atoms with Crippen LogP contribution in [0.3, 0.4) is 0 Å². The monoisotopic (exact) mass is 524 g/mol. The summed E-state index contributed by atoms with van der Waals surface area (Å²) in [5.41, 5.74) is 0.913. The fraction of sp³-hybridized carbons (Fsp3) is 0.462. The molecule has 1 aliphatic carbocycles. The van der Waals surface area contributed by atoms with Crippen molar-refractivity contribution < 1.29 is 22.0 Å². The molecule has 0 radical (unpaired) electrons. The molecule has 0 amide bonds. The molecule has 1 fully saturated rings. The van der Waals surface area contributed by atoms with Crippen LogP contribution in [0.5, 0.6) is 0 Å². The first kappa shape index (κ1) is 26.5. The van der Waals surface area contributed by atoms with Crippen LogP contribution in [0, 0.1) is 12.7 Å². The molecule has 1 atom stereocenters. The van der Waals surface area contributed by atoms with Gasteiger partial charge in [-0.1, -0.05) is 40.0 Å². The van der Waals surface area contributed by atoms with E-state index in [1.807, 2.05) is 12.1 Å². The number of hydrogen-bond donors (Lipinski definition) is 2. The molecular formula is C26H30F5N4P. The number of rotatable bonds is 9. The molecule has 4 rings (SSSR count). The molecule has 36 heavy (non-hydrogen) atoms. The summed E-state index contributed by atoms with van der Waals surface area (Å²) in [4.78, 5) is 9.10. The number of alkyl halides is 4. The quantitative estimate of drug-likeness (QED) is 0.224. The first-order valence-electron chi connectivity index (χ1n) is 12.1. The Hall–Kier alpha value is -2.54. The van der Waals surface area contributed by atoms with Crippen molar-refractivity contribution in [2.24, 2.45) is 0 Å². The summed E-state index contributed by atoms with van der Waals surface area (Å²) in [6, 6.07) is 6.90. The summed E-state index contributed by atoms with van der Waals surface area (Å²) in [5.74, 6) is -2.62. The second-order valence-electron chi connectivity index (χ2n) is 9.20. The van der Waals surface area contributed by atoms with E-state index in [2.05, 4.69) is 34.4 Å². The van der Waals surface area contributed by atoms with E-state index in [0.717, 1.165) is 29.4 Å². The zero-order valence-electron chi connectivity index (χ0n) is 20.7. The number of halogens is 5. The highest BCUT2D eigenvalue weighted by molar-refractivity contribution is 7.65. The molecule has 0 unspecified atom stereocenters. The normalized spacial score (nSPS) is 16.4. The number of nitrogens with one attached hydrogen (secondary N) is 2. The molecule has 2 N–H and O–H groups in total. The Labute approximate surface area is 208 Å². The van der Waals surface area contributed by atoms with Gasteiger partial charge < -0.3 is 10.6 Å². The molecule has 0 bridgehead atoms. The molecule has 10 heteroatoms. The van der Waals surface area contributed by atoms with Crippen molar-refractivity contribution in [3.8, 4) is 0 Å². The molecule has 1 aromatic heterocycles. The topological polar surface area (TPSA) is 49.8 Å². The summed E-state index contributed by atoms with van der Waals surface area (Å²) in [5, 5.41) is 8.27. The van der Waals surface area contributed by atoms with Crippen molar-refractivity contribution >= 4 is 35.6 Å². The molecule has 1 saturated carbocycles. The smallest absolute Gasteiger partial charge is 0.266 e. The van der Waals surface area contributed by atoms with Crippen molar-refractivity contribution in [2.75, 3.05) is 23.0 Å². The zero-order chi connectivity index (χ0) is 26.2. The van der Waals surface area contributed by atoms with Crippen LogP contribution in [0.2, 0.25) is 0 Å². The Morgan fingerprint density at radius 3 is 2.36 bits per heavy atom. The van der Waals surface area contributed by atoms with Crippen LogP contribution in [0.1, 0.15) is 63.0 Å². The Bertz CT molecular complexity index is 1240. The van der Waals surface area contributed by atoms with Crippen molar-refractivity contribution in [1.82, 2.24) is 9.97 Å². The van der Waals surface area contributed by atoms with Crippen LogP contribution >= 0.6 is 7.92 Å². The van der Waals surface area contributed by atoms with Gasteiger partial charge >= 0.3 is 0 Å². The van der Waals surface area contributed by atoms with Crippen LogP contribution in [-0.2, 0) is 0 Å². The molecule has 4 nitrogen and oxygen atoms in total. The van der Waals surface area contributed by atoms with Gasteiger partial charge in [0.15, 0.2) is 0 Å². The fourth-order valence-electron chi connectivity index (χ4n) is 4.67. The van der Waals surface area contributed by atoms with E-state index in [-0.39, 0.29) is 24.4 Å². The molecular weight excluding hydrogens is 494 g/mol. The van der Waals surface area contributed by atoms with Gasteiger partial charge in [-0.3, -0.25) is 0 Å². The lowest BCUT2D eigenvalue weighted by atomic mass is 9.88. The van der Waals surface area contributed by atoms with Gasteiger partial charge in [0.2, 0.25) is 0 Å². The summed E-state index contributed by atoms with van der Waals surface area (Å²) >= 11 is 0. The lowest BCUT2D eigenvalue weighted by Gasteiger charge is -2.37. The highest BCUT2D eigenvalue weighted by Crippen LogP contribution is 2.42. The predicted octanol–water partition coefficient (Wildman–Crippen LogP) is 7.54. The van der Waals surface area contributed by atoms with Crippen molar-refractivity contribution in [1.29, 1.82) is 0 Å². The van der Waals surface area contributed by atoms with Gasteiger partial charge in [0.25, 0.3) is 12.3 Å². The van der Waals surface area contributed by atoms with Gasteiger partial charge in [-0.25, -0.2) is 31.9 Å². The van der Waals surface area contributed by atoms with Crippen molar-refractivity contribution in [3.05, 3.63) is 53.1 Å². The highest BCUT2D eigenvalue weighted by Gasteiger charge is 2.45. The molecule has 0 aliphatic heterocycles. The predicted molar refractivity (Wildman–Crippen MR) is 137 cm³/mol. The molecule has 0 spiro atoms. The summed E-state index contributed by atoms with van der Waals surface area (Å²) < 4.78 is 68.2. The minimum absolute atomic E-state index is 0.117. The van der Waals surface area contributed by atoms with E-state index in [4.69, 9.17) is 0 Å². The first-order valence-corrected chi connectivity index (χ1v) is 13.8. The molecule has 0 saturated heterocycles. The maximum atomic E-state index is 14.8. The average molecular weight is 525 g/mol. The van der Waals surface area contributed by atoms with Crippen molar-refractivity contribution in [3.63, 3.8) is 0 Å². The van der Waals surface area contributed by atoms with E-state index in [9.17, 15) is 22.0 Å². The van der Waals surface area contributed by atoms with Gasteiger partial charge in [0.1, 0.15) is 17.5 Å². The maximum absolute atomic E-state index is 14.8. The third-order valence-electron chi connectivity index (χ3n) is 6.59. The Morgan fingerprint density at radius 2 is 1.75 bits per heavy atom. The van der Waals surface area contributed by atoms with Gasteiger partial charge in [0, 0.05) is 35.5 Å². The van der Waals surface area contributed by atoms with Gasteiger partial charge in [-0.05, 0) is 43.6 Å². The Balaban J connectivity index is 1.75. The number of fused-ring (bicyclic) bond motifs is 1. The van der Waals surface area contributed by atoms with E-state index in [1.54, 1.807) is 13.8 Å². The molecule has 1 heterocycles. The lowest BCUT2D eigenvalue weighted by molar-refractivity contribution is -0.0793. The number of hydrogen-bond acceptors (Lipinski definition) is 4. The van der Waals surface area contributed by atoms with Crippen LogP contribution in [0.4, 0.5) is 33.5 Å². The second-order valence-corrected chi connectivity index (χ2v) is 12.0. The van der Waals surface area contributed by atoms with Crippen LogP contribution in [-0.4, -0.2) is 34.3 Å². The standard InChI is InChI=1S/C26H30F5N4P/c1-5-36(6-2)22-10-19-20(11-21(22)35-16-12-26(30,31)13-16)33-15(4)34-25(19)32-14(3)17-8-7-9-18(23(17)27)24(28)29/h7-11,14,16,24,35H,5-6,12-13H2,1-4H3,(H,32,33,34)/t14-/m1/s1. The minimum atomic E-state index is -2.91. The number of aromatic nitrogens is 2. The first-order chi connectivity index (χ1) is 17.0. The fourth-order valence-corrected chi connectivity index (χ4v) is 6.58. The molecule has 1 aliphatic rings. The zero-order valence-corrected chi connectivity index (χ0v) is 21.6. The van der Waals surface area contributed by atoms with E-state index < -0.39 is 37.7 Å². The van der Waals surface area contributed by atoms with Gasteiger partial charge in [-0.2, -0.15) is 0 Å². The number of nitrogens with zero attached hydrogens (tertiary/aromatic N) is 2. The molecule has 3 aromatic rings.